The number of rotatable bonds is 10. The van der Waals surface area contributed by atoms with E-state index < -0.39 is 20.0 Å². The number of sulfonamides is 2. The predicted octanol–water partition coefficient (Wildman–Crippen LogP) is 4.27. The molecule has 11 heteroatoms. The monoisotopic (exact) mass is 603 g/mol. The van der Waals surface area contributed by atoms with Crippen molar-refractivity contribution in [3.63, 3.8) is 0 Å². The van der Waals surface area contributed by atoms with Crippen molar-refractivity contribution in [2.75, 3.05) is 43.4 Å². The molecule has 9 nitrogen and oxygen atoms in total. The first-order valence-corrected chi connectivity index (χ1v) is 18.1. The number of piperazine rings is 1. The predicted molar refractivity (Wildman–Crippen MR) is 164 cm³/mol. The molecule has 0 unspecified atom stereocenters. The summed E-state index contributed by atoms with van der Waals surface area (Å²) in [6, 6.07) is 12.7. The second kappa shape index (κ2) is 13.4. The van der Waals surface area contributed by atoms with Gasteiger partial charge in [-0.1, -0.05) is 68.9 Å². The van der Waals surface area contributed by atoms with Gasteiger partial charge in [-0.05, 0) is 50.4 Å². The molecule has 1 aliphatic heterocycles. The second-order valence-corrected chi connectivity index (χ2v) is 15.2. The Morgan fingerprint density at radius 2 is 1.24 bits per heavy atom. The Bertz CT molecular complexity index is 1370. The summed E-state index contributed by atoms with van der Waals surface area (Å²) < 4.78 is 61.7. The molecule has 41 heavy (non-hydrogen) atoms. The fourth-order valence-electron chi connectivity index (χ4n) is 6.22. The first-order chi connectivity index (χ1) is 19.7. The van der Waals surface area contributed by atoms with Crippen LogP contribution in [0.3, 0.4) is 0 Å². The highest BCUT2D eigenvalue weighted by atomic mass is 32.2. The van der Waals surface area contributed by atoms with E-state index in [2.05, 4.69) is 31.6 Å². The molecule has 2 aromatic carbocycles. The van der Waals surface area contributed by atoms with Gasteiger partial charge in [0.2, 0.25) is 20.0 Å². The van der Waals surface area contributed by atoms with E-state index in [0.717, 1.165) is 82.9 Å². The molecule has 0 amide bonds. The molecular formula is C30H45N5O4S2. The zero-order valence-electron chi connectivity index (χ0n) is 24.1. The number of benzene rings is 2. The highest BCUT2D eigenvalue weighted by molar-refractivity contribution is 7.90. The molecule has 3 N–H and O–H groups in total. The smallest absolute Gasteiger partial charge is 0.242 e. The highest BCUT2D eigenvalue weighted by Gasteiger charge is 2.32. The standard InChI is InChI=1S/C30H45N5O4S2/c1-34-17-19-35(20-18-34)28-21-27(31-23-24-11-5-2-6-12-24)29(40(36,37)32-25-13-7-3-8-14-25)22-30(28)41(38,39)33-26-15-9-4-10-16-26/h2,5-6,11-12,21-22,25-26,31-33H,3-4,7-10,13-20,23H2,1H3. The molecule has 1 heterocycles. The van der Waals surface area contributed by atoms with Gasteiger partial charge in [-0.3, -0.25) is 0 Å². The maximum Gasteiger partial charge on any atom is 0.242 e. The van der Waals surface area contributed by atoms with Crippen molar-refractivity contribution in [1.82, 2.24) is 14.3 Å². The molecule has 2 aromatic rings. The molecule has 2 saturated carbocycles. The van der Waals surface area contributed by atoms with Crippen molar-refractivity contribution in [1.29, 1.82) is 0 Å². The SMILES string of the molecule is CN1CCN(c2cc(NCc3ccccc3)c(S(=O)(=O)NC3CCCCC3)cc2S(=O)(=O)NC2CCCCC2)CC1. The lowest BCUT2D eigenvalue weighted by Crippen LogP contribution is -2.45. The van der Waals surface area contributed by atoms with Gasteiger partial charge in [0.05, 0.1) is 11.4 Å². The van der Waals surface area contributed by atoms with Crippen LogP contribution in [0.15, 0.2) is 52.3 Å². The van der Waals surface area contributed by atoms with E-state index in [1.807, 2.05) is 30.3 Å². The minimum absolute atomic E-state index is 0.0131. The minimum Gasteiger partial charge on any atom is -0.380 e. The van der Waals surface area contributed by atoms with Crippen molar-refractivity contribution in [2.24, 2.45) is 0 Å². The molecular weight excluding hydrogens is 558 g/mol. The number of hydrogen-bond donors (Lipinski definition) is 3. The first kappa shape index (κ1) is 30.3. The van der Waals surface area contributed by atoms with Gasteiger partial charge in [-0.25, -0.2) is 26.3 Å². The summed E-state index contributed by atoms with van der Waals surface area (Å²) in [4.78, 5) is 4.32. The lowest BCUT2D eigenvalue weighted by Gasteiger charge is -2.36. The molecule has 5 rings (SSSR count). The van der Waals surface area contributed by atoms with Gasteiger partial charge in [-0.2, -0.15) is 0 Å². The van der Waals surface area contributed by atoms with E-state index in [1.54, 1.807) is 6.07 Å². The second-order valence-electron chi connectivity index (χ2n) is 11.9. The summed E-state index contributed by atoms with van der Waals surface area (Å²) in [5.74, 6) is 0. The summed E-state index contributed by atoms with van der Waals surface area (Å²) in [7, 11) is -5.92. The first-order valence-electron chi connectivity index (χ1n) is 15.2. The van der Waals surface area contributed by atoms with Gasteiger partial charge < -0.3 is 15.1 Å². The molecule has 0 aromatic heterocycles. The Labute approximate surface area is 246 Å². The summed E-state index contributed by atoms with van der Waals surface area (Å²) in [5.41, 5.74) is 1.98. The Morgan fingerprint density at radius 1 is 0.707 bits per heavy atom. The largest absolute Gasteiger partial charge is 0.380 e. The molecule has 226 valence electrons. The highest BCUT2D eigenvalue weighted by Crippen LogP contribution is 2.36. The van der Waals surface area contributed by atoms with E-state index in [1.165, 1.54) is 6.07 Å². The van der Waals surface area contributed by atoms with Crippen molar-refractivity contribution in [3.8, 4) is 0 Å². The zero-order valence-corrected chi connectivity index (χ0v) is 25.8. The number of nitrogens with zero attached hydrogens (tertiary/aromatic N) is 2. The van der Waals surface area contributed by atoms with Crippen LogP contribution >= 0.6 is 0 Å². The van der Waals surface area contributed by atoms with Gasteiger partial charge >= 0.3 is 0 Å². The molecule has 0 atom stereocenters. The van der Waals surface area contributed by atoms with Gasteiger partial charge in [0.15, 0.2) is 0 Å². The maximum atomic E-state index is 14.0. The van der Waals surface area contributed by atoms with E-state index in [9.17, 15) is 16.8 Å². The van der Waals surface area contributed by atoms with Crippen LogP contribution in [0.1, 0.15) is 69.8 Å². The maximum absolute atomic E-state index is 14.0. The third-order valence-electron chi connectivity index (χ3n) is 8.66. The lowest BCUT2D eigenvalue weighted by molar-refractivity contribution is 0.312. The molecule has 0 bridgehead atoms. The molecule has 3 aliphatic rings. The van der Waals surface area contributed by atoms with Crippen LogP contribution in [0.5, 0.6) is 0 Å². The summed E-state index contributed by atoms with van der Waals surface area (Å²) in [6.45, 7) is 3.33. The van der Waals surface area contributed by atoms with E-state index >= 15 is 0 Å². The summed E-state index contributed by atoms with van der Waals surface area (Å²) >= 11 is 0. The molecule has 0 spiro atoms. The van der Waals surface area contributed by atoms with Gasteiger partial charge in [0.1, 0.15) is 9.79 Å². The van der Waals surface area contributed by atoms with Crippen LogP contribution in [0.2, 0.25) is 0 Å². The van der Waals surface area contributed by atoms with Crippen LogP contribution in [-0.4, -0.2) is 67.0 Å². The third kappa shape index (κ3) is 7.81. The van der Waals surface area contributed by atoms with Crippen molar-refractivity contribution in [3.05, 3.63) is 48.0 Å². The number of hydrogen-bond acceptors (Lipinski definition) is 7. The molecule has 0 radical (unpaired) electrons. The average Bonchev–Trinajstić information content (AvgIpc) is 2.97. The van der Waals surface area contributed by atoms with Gasteiger partial charge in [0, 0.05) is 44.8 Å². The van der Waals surface area contributed by atoms with Crippen LogP contribution in [0.4, 0.5) is 11.4 Å². The normalized spacial score (nSPS) is 20.3. The van der Waals surface area contributed by atoms with Crippen molar-refractivity contribution < 1.29 is 16.8 Å². The fraction of sp³-hybridized carbons (Fsp3) is 0.600. The number of nitrogens with one attached hydrogen (secondary N) is 3. The van der Waals surface area contributed by atoms with Gasteiger partial charge in [-0.15, -0.1) is 0 Å². The minimum atomic E-state index is -4.00. The van der Waals surface area contributed by atoms with Crippen LogP contribution in [0, 0.1) is 0 Å². The number of likely N-dealkylation sites (N-methyl/N-ethyl adjacent to an activating group) is 1. The Balaban J connectivity index is 1.57. The zero-order chi connectivity index (χ0) is 28.9. The average molecular weight is 604 g/mol. The quantitative estimate of drug-likeness (QED) is 0.372. The summed E-state index contributed by atoms with van der Waals surface area (Å²) in [6.07, 6.45) is 9.36. The Morgan fingerprint density at radius 3 is 1.80 bits per heavy atom. The van der Waals surface area contributed by atoms with Crippen molar-refractivity contribution in [2.45, 2.75) is 92.6 Å². The van der Waals surface area contributed by atoms with E-state index in [0.29, 0.717) is 31.0 Å². The van der Waals surface area contributed by atoms with E-state index in [4.69, 9.17) is 0 Å². The fourth-order valence-corrected chi connectivity index (χ4v) is 9.33. The van der Waals surface area contributed by atoms with Gasteiger partial charge in [0.25, 0.3) is 0 Å². The van der Waals surface area contributed by atoms with Crippen LogP contribution in [0.25, 0.3) is 0 Å². The summed E-state index contributed by atoms with van der Waals surface area (Å²) in [5, 5.41) is 3.35. The van der Waals surface area contributed by atoms with Crippen molar-refractivity contribution >= 4 is 31.4 Å². The molecule has 3 fully saturated rings. The topological polar surface area (TPSA) is 111 Å². The third-order valence-corrected chi connectivity index (χ3v) is 11.8. The van der Waals surface area contributed by atoms with E-state index in [-0.39, 0.29) is 21.9 Å². The lowest BCUT2D eigenvalue weighted by atomic mass is 9.96. The Kier molecular flexibility index (Phi) is 9.91. The number of anilines is 2. The molecule has 1 saturated heterocycles. The van der Waals surface area contributed by atoms with Crippen LogP contribution in [-0.2, 0) is 26.6 Å². The Hall–Kier alpha value is -2.18. The molecule has 2 aliphatic carbocycles. The van der Waals surface area contributed by atoms with Crippen LogP contribution < -0.4 is 19.7 Å².